The molecule has 2 nitrogen and oxygen atoms in total. The molecule has 90 valence electrons. The molecule has 2 aromatic rings. The highest BCUT2D eigenvalue weighted by Crippen LogP contribution is 2.22. The number of carbonyl (C=O) groups is 1. The molecule has 2 rings (SSSR count). The van der Waals surface area contributed by atoms with Crippen molar-refractivity contribution in [3.05, 3.63) is 60.2 Å². The predicted octanol–water partition coefficient (Wildman–Crippen LogP) is 3.66. The molecule has 18 heavy (non-hydrogen) atoms. The van der Waals surface area contributed by atoms with Gasteiger partial charge in [0.15, 0.2) is 0 Å². The van der Waals surface area contributed by atoms with Crippen LogP contribution in [0.1, 0.15) is 12.0 Å². The molecule has 0 atom stereocenters. The van der Waals surface area contributed by atoms with Crippen LogP contribution in [-0.4, -0.2) is 11.4 Å². The Morgan fingerprint density at radius 1 is 0.889 bits per heavy atom. The summed E-state index contributed by atoms with van der Waals surface area (Å²) in [4.78, 5) is 10.2. The Morgan fingerprint density at radius 2 is 1.44 bits per heavy atom. The van der Waals surface area contributed by atoms with Crippen molar-refractivity contribution < 1.29 is 9.90 Å². The summed E-state index contributed by atoms with van der Waals surface area (Å²) in [5, 5.41) is 9.23. The van der Waals surface area contributed by atoms with Gasteiger partial charge in [-0.05, 0) is 28.8 Å². The molecule has 0 spiro atoms. The summed E-state index contributed by atoms with van der Waals surface area (Å²) < 4.78 is 0. The highest BCUT2D eigenvalue weighted by atomic mass is 16.3. The minimum Gasteiger partial charge on any atom is -0.508 e. The van der Waals surface area contributed by atoms with Crippen molar-refractivity contribution in [2.75, 3.05) is 0 Å². The fourth-order valence-corrected chi connectivity index (χ4v) is 1.70. The van der Waals surface area contributed by atoms with E-state index in [0.29, 0.717) is 6.42 Å². The van der Waals surface area contributed by atoms with Gasteiger partial charge in [0.25, 0.3) is 0 Å². The van der Waals surface area contributed by atoms with Crippen LogP contribution < -0.4 is 0 Å². The number of hydrogen-bond acceptors (Lipinski definition) is 2. The van der Waals surface area contributed by atoms with Crippen LogP contribution in [0.5, 0.6) is 5.75 Å². The molecule has 0 amide bonds. The molecule has 0 fully saturated rings. The van der Waals surface area contributed by atoms with Crippen molar-refractivity contribution in [3.63, 3.8) is 0 Å². The topological polar surface area (TPSA) is 37.3 Å². The SMILES string of the molecule is O=CCC=Cc1ccc(-c2ccc(O)cc2)cc1. The third kappa shape index (κ3) is 3.08. The number of aldehydes is 1. The Balaban J connectivity index is 2.16. The lowest BCUT2D eigenvalue weighted by Crippen LogP contribution is -1.78. The molecule has 2 heteroatoms. The van der Waals surface area contributed by atoms with Gasteiger partial charge in [-0.15, -0.1) is 0 Å². The Kier molecular flexibility index (Phi) is 3.92. The summed E-state index contributed by atoms with van der Waals surface area (Å²) in [6.45, 7) is 0. The predicted molar refractivity (Wildman–Crippen MR) is 73.3 cm³/mol. The van der Waals surface area contributed by atoms with E-state index in [1.54, 1.807) is 12.1 Å². The number of hydrogen-bond donors (Lipinski definition) is 1. The molecule has 0 aliphatic rings. The van der Waals surface area contributed by atoms with Crippen LogP contribution in [0.4, 0.5) is 0 Å². The van der Waals surface area contributed by atoms with Gasteiger partial charge in [0, 0.05) is 6.42 Å². The Bertz CT molecular complexity index is 536. The maximum absolute atomic E-state index is 10.2. The largest absolute Gasteiger partial charge is 0.508 e. The van der Waals surface area contributed by atoms with Gasteiger partial charge >= 0.3 is 0 Å². The summed E-state index contributed by atoms with van der Waals surface area (Å²) in [5.41, 5.74) is 3.23. The number of phenols is 1. The summed E-state index contributed by atoms with van der Waals surface area (Å²) in [6, 6.07) is 15.2. The van der Waals surface area contributed by atoms with Crippen LogP contribution in [0.15, 0.2) is 54.6 Å². The molecule has 0 aliphatic carbocycles. The molecule has 0 aromatic heterocycles. The van der Waals surface area contributed by atoms with Crippen LogP contribution in [0, 0.1) is 0 Å². The van der Waals surface area contributed by atoms with Crippen molar-refractivity contribution in [2.24, 2.45) is 0 Å². The van der Waals surface area contributed by atoms with Crippen molar-refractivity contribution in [2.45, 2.75) is 6.42 Å². The van der Waals surface area contributed by atoms with Crippen molar-refractivity contribution in [1.82, 2.24) is 0 Å². The number of phenolic OH excluding ortho intramolecular Hbond substituents is 1. The van der Waals surface area contributed by atoms with Crippen LogP contribution in [-0.2, 0) is 4.79 Å². The van der Waals surface area contributed by atoms with Crippen LogP contribution >= 0.6 is 0 Å². The number of allylic oxidation sites excluding steroid dienone is 1. The maximum atomic E-state index is 10.2. The second-order valence-corrected chi connectivity index (χ2v) is 3.97. The molecule has 2 aromatic carbocycles. The molecular weight excluding hydrogens is 224 g/mol. The third-order valence-corrected chi connectivity index (χ3v) is 2.65. The molecule has 0 unspecified atom stereocenters. The van der Waals surface area contributed by atoms with E-state index < -0.39 is 0 Å². The molecule has 1 N–H and O–H groups in total. The first-order valence-corrected chi connectivity index (χ1v) is 5.79. The molecule has 0 saturated heterocycles. The zero-order valence-corrected chi connectivity index (χ0v) is 9.91. The van der Waals surface area contributed by atoms with E-state index in [2.05, 4.69) is 0 Å². The molecular formula is C16H14O2. The first-order valence-electron chi connectivity index (χ1n) is 5.79. The van der Waals surface area contributed by atoms with Gasteiger partial charge in [0.05, 0.1) is 0 Å². The summed E-state index contributed by atoms with van der Waals surface area (Å²) in [6.07, 6.45) is 5.08. The van der Waals surface area contributed by atoms with E-state index in [0.717, 1.165) is 23.0 Å². The molecule has 0 heterocycles. The average Bonchev–Trinajstić information content (AvgIpc) is 2.41. The summed E-state index contributed by atoms with van der Waals surface area (Å²) >= 11 is 0. The summed E-state index contributed by atoms with van der Waals surface area (Å²) in [5.74, 6) is 0.271. The molecule has 0 saturated carbocycles. The van der Waals surface area contributed by atoms with Gasteiger partial charge in [-0.1, -0.05) is 48.6 Å². The van der Waals surface area contributed by atoms with Crippen LogP contribution in [0.3, 0.4) is 0 Å². The highest BCUT2D eigenvalue weighted by molar-refractivity contribution is 5.66. The standard InChI is InChI=1S/C16H14O2/c17-12-2-1-3-13-4-6-14(7-5-13)15-8-10-16(18)11-9-15/h1,3-12,18H,2H2. The lowest BCUT2D eigenvalue weighted by Gasteiger charge is -2.02. The minimum atomic E-state index is 0.271. The van der Waals surface area contributed by atoms with E-state index in [4.69, 9.17) is 0 Å². The van der Waals surface area contributed by atoms with Gasteiger partial charge in [0.1, 0.15) is 12.0 Å². The van der Waals surface area contributed by atoms with Gasteiger partial charge in [-0.25, -0.2) is 0 Å². The van der Waals surface area contributed by atoms with Crippen molar-refractivity contribution in [3.8, 4) is 16.9 Å². The van der Waals surface area contributed by atoms with Gasteiger partial charge in [-0.3, -0.25) is 0 Å². The zero-order valence-electron chi connectivity index (χ0n) is 9.91. The maximum Gasteiger partial charge on any atom is 0.123 e. The Morgan fingerprint density at radius 3 is 2.00 bits per heavy atom. The quantitative estimate of drug-likeness (QED) is 0.825. The molecule has 0 aliphatic heterocycles. The zero-order chi connectivity index (χ0) is 12.8. The fourth-order valence-electron chi connectivity index (χ4n) is 1.70. The molecule has 0 radical (unpaired) electrons. The van der Waals surface area contributed by atoms with Crippen LogP contribution in [0.2, 0.25) is 0 Å². The van der Waals surface area contributed by atoms with Crippen LogP contribution in [0.25, 0.3) is 17.2 Å². The van der Waals surface area contributed by atoms with Gasteiger partial charge in [0.2, 0.25) is 0 Å². The van der Waals surface area contributed by atoms with Crippen molar-refractivity contribution >= 4 is 12.4 Å². The number of rotatable bonds is 4. The highest BCUT2D eigenvalue weighted by Gasteiger charge is 1.97. The monoisotopic (exact) mass is 238 g/mol. The van der Waals surface area contributed by atoms with Gasteiger partial charge < -0.3 is 9.90 Å². The first-order chi connectivity index (χ1) is 8.79. The smallest absolute Gasteiger partial charge is 0.123 e. The Hall–Kier alpha value is -2.35. The number of carbonyl (C=O) groups excluding carboxylic acids is 1. The summed E-state index contributed by atoms with van der Waals surface area (Å²) in [7, 11) is 0. The Labute approximate surface area is 106 Å². The minimum absolute atomic E-state index is 0.271. The second-order valence-electron chi connectivity index (χ2n) is 3.97. The van der Waals surface area contributed by atoms with E-state index >= 15 is 0 Å². The van der Waals surface area contributed by atoms with Crippen molar-refractivity contribution in [1.29, 1.82) is 0 Å². The van der Waals surface area contributed by atoms with E-state index in [1.807, 2.05) is 48.6 Å². The van der Waals surface area contributed by atoms with E-state index in [9.17, 15) is 9.90 Å². The number of aromatic hydroxyl groups is 1. The fraction of sp³-hybridized carbons (Fsp3) is 0.0625. The normalized spacial score (nSPS) is 10.7. The van der Waals surface area contributed by atoms with E-state index in [-0.39, 0.29) is 5.75 Å². The first kappa shape index (κ1) is 12.1. The number of benzene rings is 2. The lowest BCUT2D eigenvalue weighted by atomic mass is 10.0. The van der Waals surface area contributed by atoms with Gasteiger partial charge in [-0.2, -0.15) is 0 Å². The average molecular weight is 238 g/mol. The second kappa shape index (κ2) is 5.82. The molecule has 0 bridgehead atoms. The third-order valence-electron chi connectivity index (χ3n) is 2.65. The lowest BCUT2D eigenvalue weighted by molar-refractivity contribution is -0.107. The van der Waals surface area contributed by atoms with E-state index in [1.165, 1.54) is 0 Å².